The van der Waals surface area contributed by atoms with Crippen molar-refractivity contribution in [3.63, 3.8) is 0 Å². The second kappa shape index (κ2) is 7.97. The summed E-state index contributed by atoms with van der Waals surface area (Å²) in [6, 6.07) is 0. The molecule has 108 valence electrons. The monoisotopic (exact) mass is 278 g/mol. The lowest BCUT2D eigenvalue weighted by molar-refractivity contribution is -0.147. The molecule has 1 aliphatic rings. The summed E-state index contributed by atoms with van der Waals surface area (Å²) in [5.41, 5.74) is 5.49. The highest BCUT2D eigenvalue weighted by molar-refractivity contribution is 5.85. The van der Waals surface area contributed by atoms with Crippen molar-refractivity contribution in [2.75, 3.05) is 32.8 Å². The number of nitrogens with zero attached hydrogens (tertiary/aromatic N) is 1. The van der Waals surface area contributed by atoms with Crippen LogP contribution in [0.5, 0.6) is 0 Å². The first-order valence-corrected chi connectivity index (χ1v) is 6.63. The standard InChI is InChI=1S/C13H26N2O2.ClH/c1-4-15(9-11(2)3)12(16)13(10-14)5-7-17-8-6-13;/h11H,4-10,14H2,1-3H3;1H. The van der Waals surface area contributed by atoms with Crippen LogP contribution in [0.25, 0.3) is 0 Å². The highest BCUT2D eigenvalue weighted by Gasteiger charge is 2.41. The minimum atomic E-state index is -0.372. The van der Waals surface area contributed by atoms with Gasteiger partial charge in [0.15, 0.2) is 0 Å². The van der Waals surface area contributed by atoms with E-state index in [-0.39, 0.29) is 23.7 Å². The summed E-state index contributed by atoms with van der Waals surface area (Å²) in [5, 5.41) is 0. The Morgan fingerprint density at radius 1 is 1.39 bits per heavy atom. The van der Waals surface area contributed by atoms with E-state index < -0.39 is 0 Å². The van der Waals surface area contributed by atoms with Gasteiger partial charge in [-0.15, -0.1) is 12.4 Å². The van der Waals surface area contributed by atoms with Gasteiger partial charge in [0.05, 0.1) is 5.41 Å². The van der Waals surface area contributed by atoms with Crippen molar-refractivity contribution in [2.45, 2.75) is 33.6 Å². The molecule has 0 atom stereocenters. The summed E-state index contributed by atoms with van der Waals surface area (Å²) in [7, 11) is 0. The van der Waals surface area contributed by atoms with Crippen molar-refractivity contribution in [1.82, 2.24) is 4.90 Å². The number of hydrogen-bond donors (Lipinski definition) is 1. The zero-order chi connectivity index (χ0) is 12.9. The summed E-state index contributed by atoms with van der Waals surface area (Å²) in [4.78, 5) is 14.6. The van der Waals surface area contributed by atoms with Crippen LogP contribution in [0.3, 0.4) is 0 Å². The van der Waals surface area contributed by atoms with Gasteiger partial charge in [-0.3, -0.25) is 4.79 Å². The Bertz CT molecular complexity index is 253. The Morgan fingerprint density at radius 3 is 2.33 bits per heavy atom. The molecule has 1 saturated heterocycles. The number of ether oxygens (including phenoxy) is 1. The largest absolute Gasteiger partial charge is 0.381 e. The summed E-state index contributed by atoms with van der Waals surface area (Å²) in [6.07, 6.45) is 1.52. The number of hydrogen-bond acceptors (Lipinski definition) is 3. The van der Waals surface area contributed by atoms with E-state index in [2.05, 4.69) is 13.8 Å². The quantitative estimate of drug-likeness (QED) is 0.832. The van der Waals surface area contributed by atoms with Crippen LogP contribution in [-0.2, 0) is 9.53 Å². The summed E-state index contributed by atoms with van der Waals surface area (Å²) in [6.45, 7) is 9.62. The van der Waals surface area contributed by atoms with Crippen LogP contribution in [0.2, 0.25) is 0 Å². The molecular formula is C13H27ClN2O2. The molecule has 1 aliphatic heterocycles. The predicted molar refractivity (Wildman–Crippen MR) is 75.9 cm³/mol. The van der Waals surface area contributed by atoms with Crippen LogP contribution in [0.4, 0.5) is 0 Å². The molecule has 0 aromatic rings. The van der Waals surface area contributed by atoms with Gasteiger partial charge in [-0.25, -0.2) is 0 Å². The van der Waals surface area contributed by atoms with Crippen LogP contribution < -0.4 is 5.73 Å². The fourth-order valence-corrected chi connectivity index (χ4v) is 2.40. The number of amides is 1. The Labute approximate surface area is 117 Å². The van der Waals surface area contributed by atoms with Crippen molar-refractivity contribution < 1.29 is 9.53 Å². The molecule has 0 spiro atoms. The van der Waals surface area contributed by atoms with Crippen LogP contribution in [0, 0.1) is 11.3 Å². The van der Waals surface area contributed by atoms with Crippen LogP contribution in [-0.4, -0.2) is 43.7 Å². The fourth-order valence-electron chi connectivity index (χ4n) is 2.40. The van der Waals surface area contributed by atoms with Gasteiger partial charge >= 0.3 is 0 Å². The number of carbonyl (C=O) groups excluding carboxylic acids is 1. The van der Waals surface area contributed by atoms with E-state index >= 15 is 0 Å². The van der Waals surface area contributed by atoms with E-state index in [9.17, 15) is 4.79 Å². The normalized spacial score (nSPS) is 18.3. The first-order chi connectivity index (χ1) is 8.05. The predicted octanol–water partition coefficient (Wildman–Crippen LogP) is 1.67. The minimum absolute atomic E-state index is 0. The summed E-state index contributed by atoms with van der Waals surface area (Å²) >= 11 is 0. The third-order valence-corrected chi connectivity index (χ3v) is 3.55. The molecule has 5 heteroatoms. The maximum Gasteiger partial charge on any atom is 0.230 e. The van der Waals surface area contributed by atoms with Gasteiger partial charge in [0.2, 0.25) is 5.91 Å². The van der Waals surface area contributed by atoms with Gasteiger partial charge in [-0.2, -0.15) is 0 Å². The zero-order valence-electron chi connectivity index (χ0n) is 11.8. The van der Waals surface area contributed by atoms with E-state index in [0.717, 1.165) is 25.9 Å². The van der Waals surface area contributed by atoms with Gasteiger partial charge in [0, 0.05) is 32.8 Å². The molecule has 1 amide bonds. The molecule has 0 saturated carbocycles. The fraction of sp³-hybridized carbons (Fsp3) is 0.923. The first-order valence-electron chi connectivity index (χ1n) is 6.63. The lowest BCUT2D eigenvalue weighted by Crippen LogP contribution is -2.51. The Morgan fingerprint density at radius 2 is 1.94 bits per heavy atom. The Balaban J connectivity index is 0.00000289. The van der Waals surface area contributed by atoms with Gasteiger partial charge in [-0.1, -0.05) is 13.8 Å². The number of nitrogens with two attached hydrogens (primary N) is 1. The highest BCUT2D eigenvalue weighted by atomic mass is 35.5. The molecule has 0 aromatic heterocycles. The van der Waals surface area contributed by atoms with Gasteiger partial charge < -0.3 is 15.4 Å². The molecule has 18 heavy (non-hydrogen) atoms. The number of rotatable bonds is 5. The zero-order valence-corrected chi connectivity index (χ0v) is 12.6. The maximum absolute atomic E-state index is 12.6. The number of carbonyl (C=O) groups is 1. The van der Waals surface area contributed by atoms with Gasteiger partial charge in [0.25, 0.3) is 0 Å². The van der Waals surface area contributed by atoms with E-state index in [1.165, 1.54) is 0 Å². The van der Waals surface area contributed by atoms with E-state index in [0.29, 0.717) is 25.7 Å². The molecule has 0 radical (unpaired) electrons. The topological polar surface area (TPSA) is 55.6 Å². The average Bonchev–Trinajstić information content (AvgIpc) is 2.35. The smallest absolute Gasteiger partial charge is 0.230 e. The SMILES string of the molecule is CCN(CC(C)C)C(=O)C1(CN)CCOCC1.Cl. The molecular weight excluding hydrogens is 252 g/mol. The lowest BCUT2D eigenvalue weighted by Gasteiger charge is -2.39. The summed E-state index contributed by atoms with van der Waals surface area (Å²) in [5.74, 6) is 0.716. The van der Waals surface area contributed by atoms with Crippen LogP contribution in [0.15, 0.2) is 0 Å². The third kappa shape index (κ3) is 4.11. The van der Waals surface area contributed by atoms with Crippen molar-refractivity contribution >= 4 is 18.3 Å². The van der Waals surface area contributed by atoms with Gasteiger partial charge in [-0.05, 0) is 25.7 Å². The average molecular weight is 279 g/mol. The van der Waals surface area contributed by atoms with Crippen LogP contribution in [0.1, 0.15) is 33.6 Å². The minimum Gasteiger partial charge on any atom is -0.381 e. The second-order valence-corrected chi connectivity index (χ2v) is 5.33. The van der Waals surface area contributed by atoms with E-state index in [1.54, 1.807) is 0 Å². The van der Waals surface area contributed by atoms with E-state index in [4.69, 9.17) is 10.5 Å². The molecule has 1 heterocycles. The molecule has 0 unspecified atom stereocenters. The Hall–Kier alpha value is -0.320. The Kier molecular flexibility index (Phi) is 7.83. The lowest BCUT2D eigenvalue weighted by atomic mass is 9.78. The number of halogens is 1. The second-order valence-electron chi connectivity index (χ2n) is 5.33. The summed E-state index contributed by atoms with van der Waals surface area (Å²) < 4.78 is 5.34. The van der Waals surface area contributed by atoms with Crippen molar-refractivity contribution in [2.24, 2.45) is 17.1 Å². The highest BCUT2D eigenvalue weighted by Crippen LogP contribution is 2.31. The molecule has 0 aromatic carbocycles. The maximum atomic E-state index is 12.6. The van der Waals surface area contributed by atoms with Gasteiger partial charge in [0.1, 0.15) is 0 Å². The first kappa shape index (κ1) is 17.7. The third-order valence-electron chi connectivity index (χ3n) is 3.55. The van der Waals surface area contributed by atoms with Crippen molar-refractivity contribution in [3.8, 4) is 0 Å². The molecule has 2 N–H and O–H groups in total. The molecule has 0 bridgehead atoms. The molecule has 1 rings (SSSR count). The van der Waals surface area contributed by atoms with Crippen molar-refractivity contribution in [1.29, 1.82) is 0 Å². The molecule has 4 nitrogen and oxygen atoms in total. The van der Waals surface area contributed by atoms with Crippen LogP contribution >= 0.6 is 12.4 Å². The van der Waals surface area contributed by atoms with Crippen molar-refractivity contribution in [3.05, 3.63) is 0 Å². The molecule has 1 fully saturated rings. The van der Waals surface area contributed by atoms with E-state index in [1.807, 2.05) is 11.8 Å². The molecule has 0 aliphatic carbocycles.